The molecule has 17 heavy (non-hydrogen) atoms. The molecular weight excluding hydrogens is 212 g/mol. The number of rotatable bonds is 2. The SMILES string of the molecule is Cc1cc(C)c(NC(=O)c2cc[nH]c2)c(C)c1. The highest BCUT2D eigenvalue weighted by molar-refractivity contribution is 6.04. The van der Waals surface area contributed by atoms with Crippen LogP contribution in [0.4, 0.5) is 5.69 Å². The van der Waals surface area contributed by atoms with Gasteiger partial charge in [0.05, 0.1) is 5.56 Å². The predicted molar refractivity (Wildman–Crippen MR) is 69.4 cm³/mol. The Morgan fingerprint density at radius 2 is 1.82 bits per heavy atom. The molecule has 0 atom stereocenters. The number of nitrogens with one attached hydrogen (secondary N) is 2. The molecule has 88 valence electrons. The maximum Gasteiger partial charge on any atom is 0.257 e. The molecule has 0 spiro atoms. The lowest BCUT2D eigenvalue weighted by Gasteiger charge is -2.12. The molecule has 0 unspecified atom stereocenters. The normalized spacial score (nSPS) is 10.3. The Labute approximate surface area is 101 Å². The number of amides is 1. The Bertz CT molecular complexity index is 518. The van der Waals surface area contributed by atoms with Gasteiger partial charge >= 0.3 is 0 Å². The fourth-order valence-corrected chi connectivity index (χ4v) is 2.03. The van der Waals surface area contributed by atoms with Gasteiger partial charge in [-0.1, -0.05) is 17.7 Å². The van der Waals surface area contributed by atoms with E-state index < -0.39 is 0 Å². The predicted octanol–water partition coefficient (Wildman–Crippen LogP) is 3.19. The van der Waals surface area contributed by atoms with Crippen molar-refractivity contribution >= 4 is 11.6 Å². The number of carbonyl (C=O) groups is 1. The third-order valence-corrected chi connectivity index (χ3v) is 2.78. The van der Waals surface area contributed by atoms with Crippen LogP contribution in [0.25, 0.3) is 0 Å². The first-order chi connectivity index (χ1) is 8.08. The fourth-order valence-electron chi connectivity index (χ4n) is 2.03. The number of benzene rings is 1. The van der Waals surface area contributed by atoms with Crippen molar-refractivity contribution < 1.29 is 4.79 Å². The molecule has 1 heterocycles. The second-order valence-corrected chi connectivity index (χ2v) is 4.33. The Balaban J connectivity index is 2.28. The summed E-state index contributed by atoms with van der Waals surface area (Å²) in [7, 11) is 0. The van der Waals surface area contributed by atoms with E-state index in [-0.39, 0.29) is 5.91 Å². The van der Waals surface area contributed by atoms with Gasteiger partial charge in [-0.2, -0.15) is 0 Å². The largest absolute Gasteiger partial charge is 0.367 e. The van der Waals surface area contributed by atoms with Crippen LogP contribution in [0.15, 0.2) is 30.6 Å². The van der Waals surface area contributed by atoms with Gasteiger partial charge < -0.3 is 10.3 Å². The lowest BCUT2D eigenvalue weighted by atomic mass is 10.0. The smallest absolute Gasteiger partial charge is 0.257 e. The minimum Gasteiger partial charge on any atom is -0.367 e. The summed E-state index contributed by atoms with van der Waals surface area (Å²) in [4.78, 5) is 14.8. The van der Waals surface area contributed by atoms with Crippen LogP contribution in [0.5, 0.6) is 0 Å². The second kappa shape index (κ2) is 4.45. The van der Waals surface area contributed by atoms with Crippen LogP contribution in [-0.4, -0.2) is 10.9 Å². The molecule has 0 aliphatic heterocycles. The number of anilines is 1. The minimum absolute atomic E-state index is 0.0821. The van der Waals surface area contributed by atoms with Crippen molar-refractivity contribution in [1.82, 2.24) is 4.98 Å². The van der Waals surface area contributed by atoms with Crippen molar-refractivity contribution in [3.05, 3.63) is 52.8 Å². The molecule has 1 aromatic carbocycles. The van der Waals surface area contributed by atoms with Crippen LogP contribution in [-0.2, 0) is 0 Å². The van der Waals surface area contributed by atoms with Crippen molar-refractivity contribution in [3.63, 3.8) is 0 Å². The van der Waals surface area contributed by atoms with E-state index in [1.165, 1.54) is 5.56 Å². The maximum absolute atomic E-state index is 11.9. The highest BCUT2D eigenvalue weighted by atomic mass is 16.1. The van der Waals surface area contributed by atoms with Gasteiger partial charge in [-0.05, 0) is 38.0 Å². The molecule has 1 amide bonds. The van der Waals surface area contributed by atoms with Crippen molar-refractivity contribution in [2.24, 2.45) is 0 Å². The molecule has 0 fully saturated rings. The fraction of sp³-hybridized carbons (Fsp3) is 0.214. The Morgan fingerprint density at radius 1 is 1.18 bits per heavy atom. The van der Waals surface area contributed by atoms with Gasteiger partial charge in [0.15, 0.2) is 0 Å². The molecule has 0 bridgehead atoms. The van der Waals surface area contributed by atoms with Gasteiger partial charge in [-0.3, -0.25) is 4.79 Å². The average molecular weight is 228 g/mol. The van der Waals surface area contributed by atoms with Crippen LogP contribution in [0.1, 0.15) is 27.0 Å². The summed E-state index contributed by atoms with van der Waals surface area (Å²) in [6, 6.07) is 5.90. The molecule has 2 aromatic rings. The molecule has 2 rings (SSSR count). The maximum atomic E-state index is 11.9. The molecule has 0 aliphatic carbocycles. The van der Waals surface area contributed by atoms with Gasteiger partial charge in [0, 0.05) is 18.1 Å². The first kappa shape index (κ1) is 11.5. The van der Waals surface area contributed by atoms with Crippen molar-refractivity contribution in [2.45, 2.75) is 20.8 Å². The zero-order chi connectivity index (χ0) is 12.4. The summed E-state index contributed by atoms with van der Waals surface area (Å²) in [5, 5.41) is 2.95. The summed E-state index contributed by atoms with van der Waals surface area (Å²) < 4.78 is 0. The van der Waals surface area contributed by atoms with Gasteiger partial charge in [0.25, 0.3) is 5.91 Å². The zero-order valence-corrected chi connectivity index (χ0v) is 10.3. The number of H-pyrrole nitrogens is 1. The lowest BCUT2D eigenvalue weighted by molar-refractivity contribution is 0.102. The molecule has 3 nitrogen and oxygen atoms in total. The number of hydrogen-bond donors (Lipinski definition) is 2. The van der Waals surface area contributed by atoms with Crippen molar-refractivity contribution in [1.29, 1.82) is 0 Å². The Hall–Kier alpha value is -2.03. The van der Waals surface area contributed by atoms with Crippen LogP contribution in [0.2, 0.25) is 0 Å². The molecular formula is C14H16N2O. The quantitative estimate of drug-likeness (QED) is 0.814. The van der Waals surface area contributed by atoms with E-state index in [2.05, 4.69) is 29.4 Å². The summed E-state index contributed by atoms with van der Waals surface area (Å²) in [6.07, 6.45) is 3.43. The molecule has 0 radical (unpaired) electrons. The van der Waals surface area contributed by atoms with Crippen molar-refractivity contribution in [2.75, 3.05) is 5.32 Å². The topological polar surface area (TPSA) is 44.9 Å². The zero-order valence-electron chi connectivity index (χ0n) is 10.3. The standard InChI is InChI=1S/C14H16N2O/c1-9-6-10(2)13(11(3)7-9)16-14(17)12-4-5-15-8-12/h4-8,15H,1-3H3,(H,16,17). The summed E-state index contributed by atoms with van der Waals surface area (Å²) in [6.45, 7) is 6.07. The van der Waals surface area contributed by atoms with Gasteiger partial charge in [-0.15, -0.1) is 0 Å². The molecule has 3 heteroatoms. The molecule has 2 N–H and O–H groups in total. The van der Waals surface area contributed by atoms with Gasteiger partial charge in [-0.25, -0.2) is 0 Å². The average Bonchev–Trinajstić information content (AvgIpc) is 2.76. The number of aryl methyl sites for hydroxylation is 3. The van der Waals surface area contributed by atoms with Crippen LogP contribution < -0.4 is 5.32 Å². The second-order valence-electron chi connectivity index (χ2n) is 4.33. The van der Waals surface area contributed by atoms with Crippen LogP contribution >= 0.6 is 0 Å². The Morgan fingerprint density at radius 3 is 2.35 bits per heavy atom. The van der Waals surface area contributed by atoms with E-state index in [9.17, 15) is 4.79 Å². The Kier molecular flexibility index (Phi) is 3.00. The van der Waals surface area contributed by atoms with E-state index in [1.807, 2.05) is 13.8 Å². The van der Waals surface area contributed by atoms with E-state index in [0.29, 0.717) is 5.56 Å². The third-order valence-electron chi connectivity index (χ3n) is 2.78. The molecule has 0 aliphatic rings. The van der Waals surface area contributed by atoms with Gasteiger partial charge in [0.1, 0.15) is 0 Å². The van der Waals surface area contributed by atoms with E-state index in [4.69, 9.17) is 0 Å². The molecule has 0 saturated heterocycles. The molecule has 0 saturated carbocycles. The monoisotopic (exact) mass is 228 g/mol. The molecule has 1 aromatic heterocycles. The lowest BCUT2D eigenvalue weighted by Crippen LogP contribution is -2.13. The highest BCUT2D eigenvalue weighted by Gasteiger charge is 2.10. The first-order valence-corrected chi connectivity index (χ1v) is 5.60. The summed E-state index contributed by atoms with van der Waals surface area (Å²) >= 11 is 0. The summed E-state index contributed by atoms with van der Waals surface area (Å²) in [5.41, 5.74) is 4.93. The van der Waals surface area contributed by atoms with E-state index >= 15 is 0 Å². The van der Waals surface area contributed by atoms with Crippen LogP contribution in [0.3, 0.4) is 0 Å². The van der Waals surface area contributed by atoms with Gasteiger partial charge in [0.2, 0.25) is 0 Å². The number of carbonyl (C=O) groups excluding carboxylic acids is 1. The van der Waals surface area contributed by atoms with E-state index in [1.54, 1.807) is 18.5 Å². The van der Waals surface area contributed by atoms with Crippen LogP contribution in [0, 0.1) is 20.8 Å². The highest BCUT2D eigenvalue weighted by Crippen LogP contribution is 2.22. The summed E-state index contributed by atoms with van der Waals surface area (Å²) in [5.74, 6) is -0.0821. The number of aromatic amines is 1. The van der Waals surface area contributed by atoms with E-state index in [0.717, 1.165) is 16.8 Å². The van der Waals surface area contributed by atoms with Crippen molar-refractivity contribution in [3.8, 4) is 0 Å². The first-order valence-electron chi connectivity index (χ1n) is 5.60. The minimum atomic E-state index is -0.0821. The third kappa shape index (κ3) is 2.38. The number of aromatic nitrogens is 1. The number of hydrogen-bond acceptors (Lipinski definition) is 1.